The Morgan fingerprint density at radius 1 is 0.941 bits per heavy atom. The van der Waals surface area contributed by atoms with E-state index in [1.54, 1.807) is 0 Å². The Kier molecular flexibility index (Phi) is 12.3. The highest BCUT2D eigenvalue weighted by molar-refractivity contribution is 4.62. The summed E-state index contributed by atoms with van der Waals surface area (Å²) in [6, 6.07) is 0. The first-order chi connectivity index (χ1) is 8.24. The van der Waals surface area contributed by atoms with Crippen molar-refractivity contribution in [1.82, 2.24) is 4.90 Å². The molecule has 0 aromatic heterocycles. The predicted molar refractivity (Wildman–Crippen MR) is 78.3 cm³/mol. The fourth-order valence-electron chi connectivity index (χ4n) is 2.19. The van der Waals surface area contributed by atoms with Crippen molar-refractivity contribution in [3.63, 3.8) is 0 Å². The molecule has 1 atom stereocenters. The average Bonchev–Trinajstić information content (AvgIpc) is 2.35. The second-order valence-corrected chi connectivity index (χ2v) is 5.36. The van der Waals surface area contributed by atoms with Crippen molar-refractivity contribution in [2.24, 2.45) is 11.7 Å². The summed E-state index contributed by atoms with van der Waals surface area (Å²) in [6.45, 7) is 11.2. The van der Waals surface area contributed by atoms with Crippen LogP contribution in [-0.2, 0) is 0 Å². The van der Waals surface area contributed by atoms with Crippen LogP contribution in [0.15, 0.2) is 0 Å². The molecular weight excluding hydrogens is 208 g/mol. The maximum atomic E-state index is 5.67. The molecule has 0 aromatic carbocycles. The zero-order chi connectivity index (χ0) is 12.9. The van der Waals surface area contributed by atoms with E-state index in [1.807, 2.05) is 0 Å². The standard InChI is InChI=1S/C15H34N2/c1-4-6-7-8-9-10-11-12-17(5-2)14-15(3)13-16/h15H,4-14,16H2,1-3H3. The van der Waals surface area contributed by atoms with E-state index in [0.717, 1.165) is 6.54 Å². The molecule has 2 N–H and O–H groups in total. The minimum absolute atomic E-state index is 0.638. The van der Waals surface area contributed by atoms with E-state index >= 15 is 0 Å². The van der Waals surface area contributed by atoms with Crippen molar-refractivity contribution >= 4 is 0 Å². The highest BCUT2D eigenvalue weighted by Gasteiger charge is 2.06. The van der Waals surface area contributed by atoms with Gasteiger partial charge < -0.3 is 10.6 Å². The Morgan fingerprint density at radius 2 is 1.53 bits per heavy atom. The summed E-state index contributed by atoms with van der Waals surface area (Å²) in [4.78, 5) is 2.55. The summed E-state index contributed by atoms with van der Waals surface area (Å²) in [5, 5.41) is 0. The lowest BCUT2D eigenvalue weighted by atomic mass is 10.1. The molecule has 2 nitrogen and oxygen atoms in total. The molecule has 0 fully saturated rings. The van der Waals surface area contributed by atoms with E-state index in [9.17, 15) is 0 Å². The Labute approximate surface area is 109 Å². The number of nitrogens with zero attached hydrogens (tertiary/aromatic N) is 1. The molecule has 1 unspecified atom stereocenters. The first kappa shape index (κ1) is 16.9. The molecule has 0 aromatic rings. The van der Waals surface area contributed by atoms with Crippen LogP contribution in [0.3, 0.4) is 0 Å². The molecule has 0 amide bonds. The van der Waals surface area contributed by atoms with Crippen LogP contribution in [-0.4, -0.2) is 31.1 Å². The highest BCUT2D eigenvalue weighted by Crippen LogP contribution is 2.08. The van der Waals surface area contributed by atoms with Crippen LogP contribution in [0.1, 0.15) is 65.7 Å². The van der Waals surface area contributed by atoms with Crippen molar-refractivity contribution in [1.29, 1.82) is 0 Å². The molecule has 2 heteroatoms. The predicted octanol–water partition coefficient (Wildman–Crippen LogP) is 3.65. The molecule has 0 heterocycles. The minimum Gasteiger partial charge on any atom is -0.330 e. The summed E-state index contributed by atoms with van der Waals surface area (Å²) < 4.78 is 0. The van der Waals surface area contributed by atoms with Crippen molar-refractivity contribution in [2.75, 3.05) is 26.2 Å². The summed E-state index contributed by atoms with van der Waals surface area (Å²) in [7, 11) is 0. The van der Waals surface area contributed by atoms with Gasteiger partial charge in [-0.05, 0) is 32.0 Å². The first-order valence-electron chi connectivity index (χ1n) is 7.66. The molecule has 0 radical (unpaired) electrons. The van der Waals surface area contributed by atoms with Crippen LogP contribution in [0.25, 0.3) is 0 Å². The van der Waals surface area contributed by atoms with E-state index in [1.165, 1.54) is 64.6 Å². The molecule has 0 aliphatic heterocycles. The number of hydrogen-bond donors (Lipinski definition) is 1. The molecule has 0 spiro atoms. The van der Waals surface area contributed by atoms with Gasteiger partial charge in [0, 0.05) is 6.54 Å². The van der Waals surface area contributed by atoms with Gasteiger partial charge in [-0.1, -0.05) is 59.3 Å². The quantitative estimate of drug-likeness (QED) is 0.529. The minimum atomic E-state index is 0.638. The van der Waals surface area contributed by atoms with Gasteiger partial charge in [0.15, 0.2) is 0 Å². The fourth-order valence-corrected chi connectivity index (χ4v) is 2.19. The summed E-state index contributed by atoms with van der Waals surface area (Å²) in [6.07, 6.45) is 9.80. The van der Waals surface area contributed by atoms with E-state index in [4.69, 9.17) is 5.73 Å². The molecule has 0 aliphatic rings. The molecule has 0 aliphatic carbocycles. The molecular formula is C15H34N2. The topological polar surface area (TPSA) is 29.3 Å². The van der Waals surface area contributed by atoms with Gasteiger partial charge in [-0.3, -0.25) is 0 Å². The Bertz CT molecular complexity index is 148. The average molecular weight is 242 g/mol. The number of rotatable bonds is 12. The third kappa shape index (κ3) is 10.8. The smallest absolute Gasteiger partial charge is 0.00189 e. The second kappa shape index (κ2) is 12.4. The molecule has 0 saturated carbocycles. The highest BCUT2D eigenvalue weighted by atomic mass is 15.1. The normalized spacial score (nSPS) is 13.2. The van der Waals surface area contributed by atoms with Crippen molar-refractivity contribution < 1.29 is 0 Å². The monoisotopic (exact) mass is 242 g/mol. The zero-order valence-corrected chi connectivity index (χ0v) is 12.4. The molecule has 0 saturated heterocycles. The summed E-state index contributed by atoms with van der Waals surface area (Å²) >= 11 is 0. The van der Waals surface area contributed by atoms with Crippen LogP contribution in [0.2, 0.25) is 0 Å². The molecule has 104 valence electrons. The van der Waals surface area contributed by atoms with E-state index in [2.05, 4.69) is 25.7 Å². The van der Waals surface area contributed by atoms with Crippen LogP contribution < -0.4 is 5.73 Å². The van der Waals surface area contributed by atoms with Gasteiger partial charge in [0.2, 0.25) is 0 Å². The maximum absolute atomic E-state index is 5.67. The van der Waals surface area contributed by atoms with E-state index in [0.29, 0.717) is 5.92 Å². The Morgan fingerprint density at radius 3 is 2.06 bits per heavy atom. The summed E-state index contributed by atoms with van der Waals surface area (Å²) in [5.74, 6) is 0.638. The van der Waals surface area contributed by atoms with Crippen LogP contribution in [0.5, 0.6) is 0 Å². The molecule has 0 rings (SSSR count). The van der Waals surface area contributed by atoms with Crippen molar-refractivity contribution in [3.8, 4) is 0 Å². The van der Waals surface area contributed by atoms with Gasteiger partial charge in [0.1, 0.15) is 0 Å². The third-order valence-electron chi connectivity index (χ3n) is 3.50. The van der Waals surface area contributed by atoms with Gasteiger partial charge in [0.25, 0.3) is 0 Å². The van der Waals surface area contributed by atoms with Crippen LogP contribution >= 0.6 is 0 Å². The number of nitrogens with two attached hydrogens (primary N) is 1. The van der Waals surface area contributed by atoms with Gasteiger partial charge >= 0.3 is 0 Å². The molecule has 0 bridgehead atoms. The lowest BCUT2D eigenvalue weighted by Crippen LogP contribution is -2.32. The van der Waals surface area contributed by atoms with Gasteiger partial charge in [-0.25, -0.2) is 0 Å². The van der Waals surface area contributed by atoms with Crippen LogP contribution in [0, 0.1) is 5.92 Å². The zero-order valence-electron chi connectivity index (χ0n) is 12.4. The summed E-state index contributed by atoms with van der Waals surface area (Å²) in [5.41, 5.74) is 5.67. The van der Waals surface area contributed by atoms with Gasteiger partial charge in [-0.2, -0.15) is 0 Å². The van der Waals surface area contributed by atoms with Crippen molar-refractivity contribution in [3.05, 3.63) is 0 Å². The van der Waals surface area contributed by atoms with Crippen molar-refractivity contribution in [2.45, 2.75) is 65.7 Å². The molecule has 17 heavy (non-hydrogen) atoms. The maximum Gasteiger partial charge on any atom is 0.00189 e. The SMILES string of the molecule is CCCCCCCCCN(CC)CC(C)CN. The third-order valence-corrected chi connectivity index (χ3v) is 3.50. The Hall–Kier alpha value is -0.0800. The lowest BCUT2D eigenvalue weighted by molar-refractivity contribution is 0.245. The fraction of sp³-hybridized carbons (Fsp3) is 1.00. The van der Waals surface area contributed by atoms with Crippen LogP contribution in [0.4, 0.5) is 0 Å². The second-order valence-electron chi connectivity index (χ2n) is 5.36. The Balaban J connectivity index is 3.37. The number of hydrogen-bond acceptors (Lipinski definition) is 2. The largest absolute Gasteiger partial charge is 0.330 e. The number of unbranched alkanes of at least 4 members (excludes halogenated alkanes) is 6. The lowest BCUT2D eigenvalue weighted by Gasteiger charge is -2.23. The van der Waals surface area contributed by atoms with Gasteiger partial charge in [0.05, 0.1) is 0 Å². The van der Waals surface area contributed by atoms with Gasteiger partial charge in [-0.15, -0.1) is 0 Å². The first-order valence-corrected chi connectivity index (χ1v) is 7.66. The van der Waals surface area contributed by atoms with E-state index < -0.39 is 0 Å². The van der Waals surface area contributed by atoms with E-state index in [-0.39, 0.29) is 0 Å².